The van der Waals surface area contributed by atoms with Crippen LogP contribution in [0.4, 0.5) is 0 Å². The molecule has 1 heterocycles. The molecule has 16 heavy (non-hydrogen) atoms. The second kappa shape index (κ2) is 4.65. The van der Waals surface area contributed by atoms with Gasteiger partial charge in [-0.1, -0.05) is 32.4 Å². The fraction of sp³-hybridized carbons (Fsp3) is 0.733. The van der Waals surface area contributed by atoms with Gasteiger partial charge in [0.15, 0.2) is 0 Å². The van der Waals surface area contributed by atoms with Crippen molar-refractivity contribution in [2.75, 3.05) is 7.05 Å². The summed E-state index contributed by atoms with van der Waals surface area (Å²) in [5.41, 5.74) is 4.91. The average molecular weight is 219 g/mol. The highest BCUT2D eigenvalue weighted by atomic mass is 15.1. The van der Waals surface area contributed by atoms with Gasteiger partial charge < -0.3 is 4.90 Å². The van der Waals surface area contributed by atoms with Crippen LogP contribution in [0, 0.1) is 5.92 Å². The topological polar surface area (TPSA) is 3.24 Å². The number of hydrogen-bond donors (Lipinski definition) is 0. The molecule has 0 aromatic rings. The molecule has 0 spiro atoms. The van der Waals surface area contributed by atoms with Crippen LogP contribution in [0.2, 0.25) is 0 Å². The molecule has 2 rings (SSSR count). The zero-order valence-electron chi connectivity index (χ0n) is 11.2. The van der Waals surface area contributed by atoms with Crippen LogP contribution in [0.5, 0.6) is 0 Å². The largest absolute Gasteiger partial charge is 0.374 e. The highest BCUT2D eigenvalue weighted by molar-refractivity contribution is 5.40. The van der Waals surface area contributed by atoms with Crippen LogP contribution in [0.15, 0.2) is 22.9 Å². The summed E-state index contributed by atoms with van der Waals surface area (Å²) in [5, 5.41) is 0. The Bertz CT molecular complexity index is 324. The van der Waals surface area contributed by atoms with Gasteiger partial charge in [0.25, 0.3) is 0 Å². The van der Waals surface area contributed by atoms with Crippen molar-refractivity contribution in [1.82, 2.24) is 4.90 Å². The minimum Gasteiger partial charge on any atom is -0.374 e. The van der Waals surface area contributed by atoms with Crippen LogP contribution in [-0.2, 0) is 0 Å². The maximum absolute atomic E-state index is 2.55. The number of rotatable bonds is 3. The lowest BCUT2D eigenvalue weighted by Crippen LogP contribution is -2.33. The lowest BCUT2D eigenvalue weighted by Gasteiger charge is -2.35. The highest BCUT2D eigenvalue weighted by Gasteiger charge is 2.28. The first kappa shape index (κ1) is 11.8. The maximum Gasteiger partial charge on any atom is 0.0284 e. The molecule has 0 fully saturated rings. The van der Waals surface area contributed by atoms with E-state index in [1.807, 2.05) is 0 Å². The molecule has 1 nitrogen and oxygen atoms in total. The van der Waals surface area contributed by atoms with E-state index in [1.54, 1.807) is 16.8 Å². The van der Waals surface area contributed by atoms with Crippen LogP contribution in [0.25, 0.3) is 0 Å². The maximum atomic E-state index is 2.55. The third kappa shape index (κ3) is 1.92. The molecule has 1 aliphatic carbocycles. The molecule has 2 atom stereocenters. The number of nitrogens with zero attached hydrogens (tertiary/aromatic N) is 1. The molecular formula is C15H25N. The predicted octanol–water partition coefficient (Wildman–Crippen LogP) is 4.12. The minimum atomic E-state index is 0.763. The second-order valence-corrected chi connectivity index (χ2v) is 5.39. The van der Waals surface area contributed by atoms with Crippen LogP contribution < -0.4 is 0 Å². The lowest BCUT2D eigenvalue weighted by atomic mass is 9.96. The van der Waals surface area contributed by atoms with Crippen molar-refractivity contribution in [1.29, 1.82) is 0 Å². The van der Waals surface area contributed by atoms with Crippen molar-refractivity contribution >= 4 is 0 Å². The molecule has 0 saturated heterocycles. The quantitative estimate of drug-likeness (QED) is 0.690. The minimum absolute atomic E-state index is 0.763. The zero-order chi connectivity index (χ0) is 11.7. The molecule has 0 bridgehead atoms. The van der Waals surface area contributed by atoms with Crippen molar-refractivity contribution < 1.29 is 0 Å². The van der Waals surface area contributed by atoms with Crippen molar-refractivity contribution in [3.8, 4) is 0 Å². The van der Waals surface area contributed by atoms with Crippen LogP contribution in [0.3, 0.4) is 0 Å². The Labute approximate surface area is 100 Å². The van der Waals surface area contributed by atoms with E-state index in [0.29, 0.717) is 0 Å². The van der Waals surface area contributed by atoms with Gasteiger partial charge in [0, 0.05) is 25.2 Å². The first-order chi connectivity index (χ1) is 7.67. The Morgan fingerprint density at radius 2 is 2.19 bits per heavy atom. The first-order valence-electron chi connectivity index (χ1n) is 6.82. The summed E-state index contributed by atoms with van der Waals surface area (Å²) < 4.78 is 0. The standard InChI is InChI=1S/C15H25N/c1-5-11(3)13-9-12-7-8-14(6-2)16(4)15(12)10-13/h9,11,14H,5-8,10H2,1-4H3/t11-,14?/m1/s1. The molecular weight excluding hydrogens is 194 g/mol. The van der Waals surface area contributed by atoms with Gasteiger partial charge in [-0.3, -0.25) is 0 Å². The van der Waals surface area contributed by atoms with E-state index >= 15 is 0 Å². The van der Waals surface area contributed by atoms with Crippen LogP contribution in [-0.4, -0.2) is 18.0 Å². The van der Waals surface area contributed by atoms with Gasteiger partial charge in [-0.2, -0.15) is 0 Å². The molecule has 1 aliphatic heterocycles. The zero-order valence-corrected chi connectivity index (χ0v) is 11.2. The van der Waals surface area contributed by atoms with Gasteiger partial charge in [0.2, 0.25) is 0 Å². The Morgan fingerprint density at radius 3 is 2.81 bits per heavy atom. The lowest BCUT2D eigenvalue weighted by molar-refractivity contribution is 0.256. The van der Waals surface area contributed by atoms with Crippen LogP contribution in [0.1, 0.15) is 52.9 Å². The highest BCUT2D eigenvalue weighted by Crippen LogP contribution is 2.39. The van der Waals surface area contributed by atoms with Crippen molar-refractivity contribution in [2.24, 2.45) is 5.92 Å². The third-order valence-corrected chi connectivity index (χ3v) is 4.54. The van der Waals surface area contributed by atoms with Crippen molar-refractivity contribution in [3.05, 3.63) is 22.9 Å². The molecule has 0 aromatic carbocycles. The molecule has 90 valence electrons. The average Bonchev–Trinajstić information content (AvgIpc) is 2.73. The summed E-state index contributed by atoms with van der Waals surface area (Å²) in [6.07, 6.45) is 8.91. The summed E-state index contributed by atoms with van der Waals surface area (Å²) in [6.45, 7) is 6.97. The van der Waals surface area contributed by atoms with Gasteiger partial charge in [0.1, 0.15) is 0 Å². The van der Waals surface area contributed by atoms with E-state index in [2.05, 4.69) is 38.8 Å². The Balaban J connectivity index is 2.12. The third-order valence-electron chi connectivity index (χ3n) is 4.54. The van der Waals surface area contributed by atoms with Gasteiger partial charge in [-0.05, 0) is 37.2 Å². The van der Waals surface area contributed by atoms with Gasteiger partial charge in [-0.25, -0.2) is 0 Å². The summed E-state index contributed by atoms with van der Waals surface area (Å²) in [4.78, 5) is 2.55. The fourth-order valence-corrected chi connectivity index (χ4v) is 3.03. The second-order valence-electron chi connectivity index (χ2n) is 5.39. The molecule has 2 aliphatic rings. The first-order valence-corrected chi connectivity index (χ1v) is 6.82. The van der Waals surface area contributed by atoms with E-state index in [0.717, 1.165) is 12.0 Å². The van der Waals surface area contributed by atoms with E-state index in [9.17, 15) is 0 Å². The smallest absolute Gasteiger partial charge is 0.0284 e. The SMILES string of the molecule is CCC1CCC2=C(CC([C@H](C)CC)=C2)N1C. The van der Waals surface area contributed by atoms with Gasteiger partial charge in [-0.15, -0.1) is 0 Å². The van der Waals surface area contributed by atoms with Crippen LogP contribution >= 0.6 is 0 Å². The van der Waals surface area contributed by atoms with Crippen molar-refractivity contribution in [2.45, 2.75) is 58.9 Å². The molecule has 0 aromatic heterocycles. The van der Waals surface area contributed by atoms with Crippen molar-refractivity contribution in [3.63, 3.8) is 0 Å². The Morgan fingerprint density at radius 1 is 1.44 bits per heavy atom. The number of hydrogen-bond acceptors (Lipinski definition) is 1. The predicted molar refractivity (Wildman–Crippen MR) is 70.3 cm³/mol. The van der Waals surface area contributed by atoms with Gasteiger partial charge >= 0.3 is 0 Å². The molecule has 0 radical (unpaired) electrons. The van der Waals surface area contributed by atoms with E-state index in [1.165, 1.54) is 32.1 Å². The molecule has 0 saturated carbocycles. The molecule has 1 heteroatoms. The monoisotopic (exact) mass is 219 g/mol. The summed E-state index contributed by atoms with van der Waals surface area (Å²) >= 11 is 0. The fourth-order valence-electron chi connectivity index (χ4n) is 3.03. The van der Waals surface area contributed by atoms with E-state index in [4.69, 9.17) is 0 Å². The summed E-state index contributed by atoms with van der Waals surface area (Å²) in [6, 6.07) is 0.781. The Hall–Kier alpha value is -0.720. The van der Waals surface area contributed by atoms with Gasteiger partial charge in [0.05, 0.1) is 0 Å². The summed E-state index contributed by atoms with van der Waals surface area (Å²) in [5.74, 6) is 0.763. The normalized spacial score (nSPS) is 26.9. The molecule has 0 N–H and O–H groups in total. The summed E-state index contributed by atoms with van der Waals surface area (Å²) in [7, 11) is 2.29. The van der Waals surface area contributed by atoms with E-state index in [-0.39, 0.29) is 0 Å². The molecule has 1 unspecified atom stereocenters. The Kier molecular flexibility index (Phi) is 3.41. The molecule has 0 amide bonds. The van der Waals surface area contributed by atoms with E-state index < -0.39 is 0 Å². The number of allylic oxidation sites excluding steroid dienone is 3.